The van der Waals surface area contributed by atoms with E-state index in [0.717, 1.165) is 17.7 Å². The van der Waals surface area contributed by atoms with Crippen molar-refractivity contribution in [3.63, 3.8) is 0 Å². The molecule has 0 fully saturated rings. The Balaban J connectivity index is 1.86. The molecule has 0 spiro atoms. The lowest BCUT2D eigenvalue weighted by Crippen LogP contribution is -2.22. The molecule has 0 amide bonds. The van der Waals surface area contributed by atoms with Crippen LogP contribution in [-0.2, 0) is 11.8 Å². The van der Waals surface area contributed by atoms with Crippen LogP contribution in [0, 0.1) is 0 Å². The van der Waals surface area contributed by atoms with Crippen molar-refractivity contribution in [3.8, 4) is 0 Å². The van der Waals surface area contributed by atoms with Crippen LogP contribution in [0.1, 0.15) is 31.4 Å². The van der Waals surface area contributed by atoms with Crippen LogP contribution in [0.5, 0.6) is 0 Å². The number of hydrogen-bond donors (Lipinski definition) is 2. The number of halogens is 1. The zero-order valence-corrected chi connectivity index (χ0v) is 15.9. The monoisotopic (exact) mass is 384 g/mol. The van der Waals surface area contributed by atoms with Crippen LogP contribution in [0.2, 0.25) is 5.02 Å². The summed E-state index contributed by atoms with van der Waals surface area (Å²) in [6.45, 7) is 1.98. The minimum Gasteiger partial charge on any atom is -0.355 e. The van der Waals surface area contributed by atoms with Crippen molar-refractivity contribution in [1.29, 1.82) is 0 Å². The van der Waals surface area contributed by atoms with Crippen LogP contribution in [0.15, 0.2) is 48.9 Å². The number of ketones is 1. The fourth-order valence-corrected chi connectivity index (χ4v) is 2.81. The number of Topliss-reactive ketones (excluding diaryl/α,β-unsaturated/α-hetero) is 1. The number of hydrogen-bond acceptors (Lipinski definition) is 6. The third kappa shape index (κ3) is 4.83. The molecule has 2 heterocycles. The summed E-state index contributed by atoms with van der Waals surface area (Å²) < 4.78 is 1.67. The number of anilines is 3. The van der Waals surface area contributed by atoms with Crippen LogP contribution in [0.3, 0.4) is 0 Å². The first-order chi connectivity index (χ1) is 13.1. The zero-order chi connectivity index (χ0) is 19.2. The summed E-state index contributed by atoms with van der Waals surface area (Å²) in [5.74, 6) is 0.848. The Bertz CT molecular complexity index is 912. The number of aromatic nitrogens is 4. The number of benzene rings is 1. The highest BCUT2D eigenvalue weighted by atomic mass is 35.5. The van der Waals surface area contributed by atoms with Crippen LogP contribution < -0.4 is 10.6 Å². The molecular formula is C19H21ClN6O. The van der Waals surface area contributed by atoms with Crippen LogP contribution in [0.25, 0.3) is 0 Å². The fraction of sp³-hybridized carbons (Fsp3) is 0.263. The van der Waals surface area contributed by atoms with Gasteiger partial charge in [-0.25, -0.2) is 4.98 Å². The lowest BCUT2D eigenvalue weighted by molar-refractivity contribution is -0.119. The maximum absolute atomic E-state index is 12.7. The lowest BCUT2D eigenvalue weighted by atomic mass is 10.00. The molecule has 8 heteroatoms. The van der Waals surface area contributed by atoms with Gasteiger partial charge in [-0.05, 0) is 12.0 Å². The normalized spacial score (nSPS) is 11.8. The van der Waals surface area contributed by atoms with Crippen molar-refractivity contribution in [2.75, 3.05) is 10.6 Å². The second kappa shape index (κ2) is 8.64. The molecule has 2 N–H and O–H groups in total. The van der Waals surface area contributed by atoms with Gasteiger partial charge in [0, 0.05) is 19.7 Å². The Hall–Kier alpha value is -2.93. The lowest BCUT2D eigenvalue weighted by Gasteiger charge is -2.19. The molecule has 3 aromatic rings. The Morgan fingerprint density at radius 1 is 1.26 bits per heavy atom. The van der Waals surface area contributed by atoms with Crippen molar-refractivity contribution in [3.05, 3.63) is 59.5 Å². The number of rotatable bonds is 8. The van der Waals surface area contributed by atoms with E-state index >= 15 is 0 Å². The smallest absolute Gasteiger partial charge is 0.229 e. The standard InChI is InChI=1S/C19H21ClN6O/c1-3-7-16(27)17(13-8-5-4-6-9-13)24-18-15(20)11-21-19(25-18)23-14-10-22-26(2)12-14/h4-6,8-12,17H,3,7H2,1-2H3,(H2,21,23,24,25)/t17-/m0/s1. The van der Waals surface area contributed by atoms with Gasteiger partial charge in [-0.3, -0.25) is 9.48 Å². The van der Waals surface area contributed by atoms with E-state index in [-0.39, 0.29) is 5.78 Å². The molecule has 3 rings (SSSR count). The van der Waals surface area contributed by atoms with E-state index in [1.54, 1.807) is 10.9 Å². The van der Waals surface area contributed by atoms with Gasteiger partial charge >= 0.3 is 0 Å². The highest BCUT2D eigenvalue weighted by Crippen LogP contribution is 2.27. The fourth-order valence-electron chi connectivity index (χ4n) is 2.67. The largest absolute Gasteiger partial charge is 0.355 e. The Morgan fingerprint density at radius 2 is 2.04 bits per heavy atom. The molecule has 27 heavy (non-hydrogen) atoms. The number of aryl methyl sites for hydroxylation is 1. The highest BCUT2D eigenvalue weighted by molar-refractivity contribution is 6.32. The van der Waals surface area contributed by atoms with Gasteiger partial charge in [0.25, 0.3) is 0 Å². The predicted octanol–water partition coefficient (Wildman–Crippen LogP) is 4.13. The number of carbonyl (C=O) groups excluding carboxylic acids is 1. The van der Waals surface area contributed by atoms with Gasteiger partial charge < -0.3 is 10.6 Å². The maximum atomic E-state index is 12.7. The molecule has 0 aliphatic rings. The van der Waals surface area contributed by atoms with Crippen LogP contribution in [0.4, 0.5) is 17.5 Å². The Kier molecular flexibility index (Phi) is 6.03. The van der Waals surface area contributed by atoms with Crippen LogP contribution in [-0.4, -0.2) is 25.5 Å². The minimum absolute atomic E-state index is 0.0835. The van der Waals surface area contributed by atoms with E-state index in [2.05, 4.69) is 25.7 Å². The van der Waals surface area contributed by atoms with Gasteiger partial charge in [-0.1, -0.05) is 48.9 Å². The van der Waals surface area contributed by atoms with Gasteiger partial charge in [0.2, 0.25) is 5.95 Å². The summed E-state index contributed by atoms with van der Waals surface area (Å²) in [7, 11) is 1.82. The van der Waals surface area contributed by atoms with E-state index in [1.165, 1.54) is 6.20 Å². The molecule has 2 aromatic heterocycles. The van der Waals surface area contributed by atoms with E-state index in [4.69, 9.17) is 11.6 Å². The summed E-state index contributed by atoms with van der Waals surface area (Å²) in [4.78, 5) is 21.3. The summed E-state index contributed by atoms with van der Waals surface area (Å²) in [5.41, 5.74) is 1.62. The average Bonchev–Trinajstić information content (AvgIpc) is 3.07. The second-order valence-electron chi connectivity index (χ2n) is 6.12. The van der Waals surface area contributed by atoms with Crippen molar-refractivity contribution >= 4 is 34.8 Å². The van der Waals surface area contributed by atoms with Gasteiger partial charge in [0.05, 0.1) is 18.1 Å². The first-order valence-corrected chi connectivity index (χ1v) is 9.07. The minimum atomic E-state index is -0.523. The second-order valence-corrected chi connectivity index (χ2v) is 6.53. The van der Waals surface area contributed by atoms with Crippen molar-refractivity contribution < 1.29 is 4.79 Å². The van der Waals surface area contributed by atoms with E-state index in [1.807, 2.05) is 50.5 Å². The number of carbonyl (C=O) groups is 1. The molecule has 0 aliphatic carbocycles. The summed E-state index contributed by atoms with van der Waals surface area (Å²) in [6.07, 6.45) is 6.22. The Labute approximate surface area is 162 Å². The van der Waals surface area contributed by atoms with Crippen molar-refractivity contribution in [2.24, 2.45) is 7.05 Å². The third-order valence-corrected chi connectivity index (χ3v) is 4.21. The van der Waals surface area contributed by atoms with E-state index in [0.29, 0.717) is 23.2 Å². The molecule has 140 valence electrons. The predicted molar refractivity (Wildman–Crippen MR) is 106 cm³/mol. The molecule has 0 saturated heterocycles. The summed E-state index contributed by atoms with van der Waals surface area (Å²) in [5, 5.41) is 10.7. The third-order valence-electron chi connectivity index (χ3n) is 3.94. The van der Waals surface area contributed by atoms with Gasteiger partial charge in [0.1, 0.15) is 11.1 Å². The summed E-state index contributed by atoms with van der Waals surface area (Å²) >= 11 is 6.27. The molecule has 1 aromatic carbocycles. The topological polar surface area (TPSA) is 84.7 Å². The SMILES string of the molecule is CCCC(=O)[C@@H](Nc1nc(Nc2cnn(C)c2)ncc1Cl)c1ccccc1. The molecule has 0 saturated carbocycles. The highest BCUT2D eigenvalue weighted by Gasteiger charge is 2.21. The number of nitrogens with one attached hydrogen (secondary N) is 2. The molecule has 0 radical (unpaired) electrons. The molecule has 0 unspecified atom stereocenters. The van der Waals surface area contributed by atoms with E-state index in [9.17, 15) is 4.79 Å². The Morgan fingerprint density at radius 3 is 2.70 bits per heavy atom. The molecular weight excluding hydrogens is 364 g/mol. The van der Waals surface area contributed by atoms with Crippen molar-refractivity contribution in [1.82, 2.24) is 19.7 Å². The van der Waals surface area contributed by atoms with E-state index < -0.39 is 6.04 Å². The zero-order valence-electron chi connectivity index (χ0n) is 15.2. The molecule has 0 aliphatic heterocycles. The van der Waals surface area contributed by atoms with Gasteiger partial charge in [-0.15, -0.1) is 0 Å². The molecule has 1 atom stereocenters. The first-order valence-electron chi connectivity index (χ1n) is 8.69. The average molecular weight is 385 g/mol. The quantitative estimate of drug-likeness (QED) is 0.607. The van der Waals surface area contributed by atoms with Gasteiger partial charge in [0.15, 0.2) is 11.6 Å². The molecule has 0 bridgehead atoms. The van der Waals surface area contributed by atoms with Crippen LogP contribution >= 0.6 is 11.6 Å². The first kappa shape index (κ1) is 18.8. The number of nitrogens with zero attached hydrogens (tertiary/aromatic N) is 4. The summed E-state index contributed by atoms with van der Waals surface area (Å²) in [6, 6.07) is 9.02. The van der Waals surface area contributed by atoms with Crippen molar-refractivity contribution in [2.45, 2.75) is 25.8 Å². The molecule has 7 nitrogen and oxygen atoms in total. The maximum Gasteiger partial charge on any atom is 0.229 e. The van der Waals surface area contributed by atoms with Gasteiger partial charge in [-0.2, -0.15) is 10.1 Å².